The quantitative estimate of drug-likeness (QED) is 0.775. The van der Waals surface area contributed by atoms with Gasteiger partial charge in [0.25, 0.3) is 0 Å². The van der Waals surface area contributed by atoms with Crippen LogP contribution in [0.2, 0.25) is 0 Å². The number of aliphatic hydroxyl groups is 1. The Labute approximate surface area is 81.8 Å². The molecule has 0 amide bonds. The summed E-state index contributed by atoms with van der Waals surface area (Å²) in [5.41, 5.74) is 1.83. The first-order chi connectivity index (χ1) is 6.77. The fourth-order valence-corrected chi connectivity index (χ4v) is 1.25. The third kappa shape index (κ3) is 1.65. The average molecular weight is 189 g/mol. The Balaban J connectivity index is 2.31. The van der Waals surface area contributed by atoms with Crippen molar-refractivity contribution in [2.24, 2.45) is 0 Å². The second kappa shape index (κ2) is 3.59. The summed E-state index contributed by atoms with van der Waals surface area (Å²) >= 11 is 0. The SMILES string of the molecule is C[C@H](O)c1ccc(-n2cncn2)cc1. The lowest BCUT2D eigenvalue weighted by Gasteiger charge is -2.05. The van der Waals surface area contributed by atoms with Crippen molar-refractivity contribution in [1.82, 2.24) is 14.8 Å². The summed E-state index contributed by atoms with van der Waals surface area (Å²) < 4.78 is 1.67. The van der Waals surface area contributed by atoms with Crippen LogP contribution in [-0.4, -0.2) is 19.9 Å². The lowest BCUT2D eigenvalue weighted by atomic mass is 10.1. The van der Waals surface area contributed by atoms with Crippen LogP contribution in [0.3, 0.4) is 0 Å². The molecule has 0 saturated carbocycles. The Kier molecular flexibility index (Phi) is 2.28. The van der Waals surface area contributed by atoms with Gasteiger partial charge >= 0.3 is 0 Å². The molecular formula is C10H11N3O. The molecule has 1 aromatic heterocycles. The van der Waals surface area contributed by atoms with Crippen molar-refractivity contribution < 1.29 is 5.11 Å². The maximum Gasteiger partial charge on any atom is 0.138 e. The molecule has 0 radical (unpaired) electrons. The molecule has 1 heterocycles. The zero-order valence-corrected chi connectivity index (χ0v) is 7.83. The molecule has 0 fully saturated rings. The topological polar surface area (TPSA) is 50.9 Å². The normalized spacial score (nSPS) is 12.7. The van der Waals surface area contributed by atoms with Crippen LogP contribution in [-0.2, 0) is 0 Å². The molecular weight excluding hydrogens is 178 g/mol. The van der Waals surface area contributed by atoms with Gasteiger partial charge in [-0.3, -0.25) is 0 Å². The first-order valence-corrected chi connectivity index (χ1v) is 4.40. The Morgan fingerprint density at radius 3 is 2.50 bits per heavy atom. The Bertz CT molecular complexity index is 392. The highest BCUT2D eigenvalue weighted by molar-refractivity contribution is 5.33. The molecule has 14 heavy (non-hydrogen) atoms. The lowest BCUT2D eigenvalue weighted by molar-refractivity contribution is 0.199. The van der Waals surface area contributed by atoms with E-state index in [1.165, 1.54) is 6.33 Å². The molecule has 0 aliphatic rings. The van der Waals surface area contributed by atoms with Crippen molar-refractivity contribution in [2.45, 2.75) is 13.0 Å². The van der Waals surface area contributed by atoms with E-state index in [4.69, 9.17) is 0 Å². The maximum absolute atomic E-state index is 9.31. The van der Waals surface area contributed by atoms with Crippen molar-refractivity contribution in [2.75, 3.05) is 0 Å². The van der Waals surface area contributed by atoms with Gasteiger partial charge in [0.2, 0.25) is 0 Å². The molecule has 1 N–H and O–H groups in total. The van der Waals surface area contributed by atoms with Gasteiger partial charge in [-0.15, -0.1) is 0 Å². The van der Waals surface area contributed by atoms with E-state index in [-0.39, 0.29) is 0 Å². The average Bonchev–Trinajstić information content (AvgIpc) is 2.71. The van der Waals surface area contributed by atoms with Crippen LogP contribution in [0.15, 0.2) is 36.9 Å². The Morgan fingerprint density at radius 2 is 2.00 bits per heavy atom. The second-order valence-electron chi connectivity index (χ2n) is 3.11. The molecule has 0 unspecified atom stereocenters. The second-order valence-corrected chi connectivity index (χ2v) is 3.11. The summed E-state index contributed by atoms with van der Waals surface area (Å²) in [5, 5.41) is 13.3. The molecule has 0 spiro atoms. The summed E-state index contributed by atoms with van der Waals surface area (Å²) in [4.78, 5) is 3.86. The van der Waals surface area contributed by atoms with Crippen molar-refractivity contribution in [3.8, 4) is 5.69 Å². The van der Waals surface area contributed by atoms with Gasteiger partial charge in [-0.2, -0.15) is 5.10 Å². The number of aromatic nitrogens is 3. The van der Waals surface area contributed by atoms with E-state index in [1.807, 2.05) is 24.3 Å². The Morgan fingerprint density at radius 1 is 1.29 bits per heavy atom. The number of hydrogen-bond donors (Lipinski definition) is 1. The molecule has 2 aromatic rings. The molecule has 0 aliphatic carbocycles. The summed E-state index contributed by atoms with van der Waals surface area (Å²) in [6.07, 6.45) is 2.69. The van der Waals surface area contributed by atoms with Gasteiger partial charge in [0.15, 0.2) is 0 Å². The third-order valence-corrected chi connectivity index (χ3v) is 2.06. The molecule has 2 rings (SSSR count). The fourth-order valence-electron chi connectivity index (χ4n) is 1.25. The van der Waals surface area contributed by atoms with E-state index in [0.29, 0.717) is 0 Å². The van der Waals surface area contributed by atoms with E-state index in [1.54, 1.807) is 17.9 Å². The van der Waals surface area contributed by atoms with Crippen LogP contribution in [0, 0.1) is 0 Å². The zero-order valence-electron chi connectivity index (χ0n) is 7.83. The molecule has 1 atom stereocenters. The predicted octanol–water partition coefficient (Wildman–Crippen LogP) is 1.32. The van der Waals surface area contributed by atoms with E-state index in [2.05, 4.69) is 10.1 Å². The number of hydrogen-bond acceptors (Lipinski definition) is 3. The van der Waals surface area contributed by atoms with Crippen molar-refractivity contribution in [3.63, 3.8) is 0 Å². The van der Waals surface area contributed by atoms with Crippen LogP contribution in [0.25, 0.3) is 5.69 Å². The highest BCUT2D eigenvalue weighted by Gasteiger charge is 2.01. The largest absolute Gasteiger partial charge is 0.389 e. The first-order valence-electron chi connectivity index (χ1n) is 4.40. The van der Waals surface area contributed by atoms with Crippen molar-refractivity contribution in [1.29, 1.82) is 0 Å². The van der Waals surface area contributed by atoms with E-state index >= 15 is 0 Å². The van der Waals surface area contributed by atoms with Gasteiger partial charge in [0.1, 0.15) is 12.7 Å². The third-order valence-electron chi connectivity index (χ3n) is 2.06. The van der Waals surface area contributed by atoms with Crippen LogP contribution in [0.1, 0.15) is 18.6 Å². The fraction of sp³-hybridized carbons (Fsp3) is 0.200. The molecule has 0 aliphatic heterocycles. The summed E-state index contributed by atoms with van der Waals surface area (Å²) in [6, 6.07) is 7.55. The number of aliphatic hydroxyl groups excluding tert-OH is 1. The monoisotopic (exact) mass is 189 g/mol. The molecule has 4 heteroatoms. The van der Waals surface area contributed by atoms with Gasteiger partial charge in [-0.05, 0) is 24.6 Å². The summed E-state index contributed by atoms with van der Waals surface area (Å²) in [6.45, 7) is 1.74. The van der Waals surface area contributed by atoms with E-state index < -0.39 is 6.10 Å². The van der Waals surface area contributed by atoms with Crippen LogP contribution < -0.4 is 0 Å². The molecule has 1 aromatic carbocycles. The number of benzene rings is 1. The molecule has 0 saturated heterocycles. The van der Waals surface area contributed by atoms with Crippen LogP contribution in [0.4, 0.5) is 0 Å². The predicted molar refractivity (Wildman–Crippen MR) is 52.0 cm³/mol. The first kappa shape index (κ1) is 8.90. The van der Waals surface area contributed by atoms with Crippen LogP contribution in [0.5, 0.6) is 0 Å². The lowest BCUT2D eigenvalue weighted by Crippen LogP contribution is -1.96. The van der Waals surface area contributed by atoms with Gasteiger partial charge in [0, 0.05) is 0 Å². The van der Waals surface area contributed by atoms with Crippen LogP contribution >= 0.6 is 0 Å². The van der Waals surface area contributed by atoms with Gasteiger partial charge < -0.3 is 5.11 Å². The summed E-state index contributed by atoms with van der Waals surface area (Å²) in [5.74, 6) is 0. The molecule has 72 valence electrons. The number of rotatable bonds is 2. The van der Waals surface area contributed by atoms with Gasteiger partial charge in [-0.25, -0.2) is 9.67 Å². The van der Waals surface area contributed by atoms with E-state index in [0.717, 1.165) is 11.3 Å². The number of nitrogens with zero attached hydrogens (tertiary/aromatic N) is 3. The van der Waals surface area contributed by atoms with E-state index in [9.17, 15) is 5.11 Å². The van der Waals surface area contributed by atoms with Crippen molar-refractivity contribution in [3.05, 3.63) is 42.5 Å². The smallest absolute Gasteiger partial charge is 0.138 e. The highest BCUT2D eigenvalue weighted by atomic mass is 16.3. The minimum absolute atomic E-state index is 0.431. The van der Waals surface area contributed by atoms with Gasteiger partial charge in [0.05, 0.1) is 11.8 Å². The van der Waals surface area contributed by atoms with Crippen molar-refractivity contribution >= 4 is 0 Å². The molecule has 4 nitrogen and oxygen atoms in total. The standard InChI is InChI=1S/C10H11N3O/c1-8(14)9-2-4-10(5-3-9)13-7-11-6-12-13/h2-8,14H,1H3/t8-/m0/s1. The minimum Gasteiger partial charge on any atom is -0.389 e. The zero-order chi connectivity index (χ0) is 9.97. The maximum atomic E-state index is 9.31. The van der Waals surface area contributed by atoms with Gasteiger partial charge in [-0.1, -0.05) is 12.1 Å². The molecule has 0 bridgehead atoms. The minimum atomic E-state index is -0.431. The summed E-state index contributed by atoms with van der Waals surface area (Å²) in [7, 11) is 0. The highest BCUT2D eigenvalue weighted by Crippen LogP contribution is 2.14. The Hall–Kier alpha value is -1.68.